The Morgan fingerprint density at radius 3 is 0.825 bits per heavy atom. The molecule has 0 heterocycles. The third kappa shape index (κ3) is 9.68. The molecule has 10 nitrogen and oxygen atoms in total. The van der Waals surface area contributed by atoms with Gasteiger partial charge in [-0.3, -0.25) is 0 Å². The SMILES string of the molecule is CC(C)(c1ccc(Oc2ccc(S(=O)(=O)c3ccc(Oc4cccc(N)c4)cc3)cc2)cc1)c1ccc(Oc2ccc(S(=O)(=O)c3ccc(Oc4cccc(N)c4)cc3)cc2)cc1. The van der Waals surface area contributed by atoms with E-state index in [1.807, 2.05) is 48.5 Å². The van der Waals surface area contributed by atoms with Gasteiger partial charge >= 0.3 is 0 Å². The van der Waals surface area contributed by atoms with Crippen molar-refractivity contribution in [2.45, 2.75) is 38.8 Å². The summed E-state index contributed by atoms with van der Waals surface area (Å²) in [6.07, 6.45) is 0. The van der Waals surface area contributed by atoms with Crippen LogP contribution in [0, 0.1) is 0 Å². The van der Waals surface area contributed by atoms with E-state index >= 15 is 0 Å². The molecule has 0 radical (unpaired) electrons. The highest BCUT2D eigenvalue weighted by atomic mass is 32.2. The topological polar surface area (TPSA) is 157 Å². The maximum atomic E-state index is 13.4. The maximum Gasteiger partial charge on any atom is 0.206 e. The first-order chi connectivity index (χ1) is 30.2. The molecule has 0 saturated carbocycles. The Bertz CT molecular complexity index is 2870. The third-order valence-electron chi connectivity index (χ3n) is 10.3. The second-order valence-corrected chi connectivity index (χ2v) is 19.0. The van der Waals surface area contributed by atoms with Gasteiger partial charge in [-0.2, -0.15) is 0 Å². The summed E-state index contributed by atoms with van der Waals surface area (Å²) in [7, 11) is -7.56. The van der Waals surface area contributed by atoms with E-state index < -0.39 is 19.7 Å². The van der Waals surface area contributed by atoms with Crippen LogP contribution >= 0.6 is 0 Å². The van der Waals surface area contributed by atoms with Crippen LogP contribution in [0.15, 0.2) is 214 Å². The first-order valence-corrected chi connectivity index (χ1v) is 22.7. The molecule has 8 aromatic rings. The Kier molecular flexibility index (Phi) is 11.7. The molecule has 0 fully saturated rings. The predicted molar refractivity (Wildman–Crippen MR) is 244 cm³/mol. The lowest BCUT2D eigenvalue weighted by atomic mass is 9.78. The summed E-state index contributed by atoms with van der Waals surface area (Å²) >= 11 is 0. The number of sulfone groups is 2. The molecular formula is C51H42N2O8S2. The van der Waals surface area contributed by atoms with Gasteiger partial charge in [-0.1, -0.05) is 50.2 Å². The number of nitrogen functional groups attached to an aromatic ring is 2. The van der Waals surface area contributed by atoms with Crippen LogP contribution in [-0.2, 0) is 25.1 Å². The molecule has 63 heavy (non-hydrogen) atoms. The third-order valence-corrected chi connectivity index (χ3v) is 13.9. The van der Waals surface area contributed by atoms with Crippen molar-refractivity contribution in [2.24, 2.45) is 0 Å². The van der Waals surface area contributed by atoms with Gasteiger partial charge in [0.15, 0.2) is 0 Å². The number of hydrogen-bond donors (Lipinski definition) is 2. The molecule has 0 aliphatic carbocycles. The number of hydrogen-bond acceptors (Lipinski definition) is 10. The lowest BCUT2D eigenvalue weighted by molar-refractivity contribution is 0.480. The molecule has 316 valence electrons. The maximum absolute atomic E-state index is 13.4. The minimum atomic E-state index is -3.78. The van der Waals surface area contributed by atoms with E-state index in [1.54, 1.807) is 97.1 Å². The van der Waals surface area contributed by atoms with E-state index in [1.165, 1.54) is 48.5 Å². The lowest BCUT2D eigenvalue weighted by Crippen LogP contribution is -2.18. The molecule has 0 aromatic heterocycles. The minimum absolute atomic E-state index is 0.137. The van der Waals surface area contributed by atoms with E-state index in [2.05, 4.69) is 13.8 Å². The summed E-state index contributed by atoms with van der Waals surface area (Å²) in [6.45, 7) is 4.24. The fourth-order valence-corrected chi connectivity index (χ4v) is 9.29. The fourth-order valence-electron chi connectivity index (χ4n) is 6.77. The van der Waals surface area contributed by atoms with Crippen LogP contribution in [0.25, 0.3) is 0 Å². The zero-order chi connectivity index (χ0) is 44.2. The van der Waals surface area contributed by atoms with Crippen LogP contribution in [-0.4, -0.2) is 16.8 Å². The van der Waals surface area contributed by atoms with Crippen molar-refractivity contribution >= 4 is 31.0 Å². The van der Waals surface area contributed by atoms with Gasteiger partial charge in [0, 0.05) is 28.9 Å². The van der Waals surface area contributed by atoms with Gasteiger partial charge in [-0.25, -0.2) is 16.8 Å². The van der Waals surface area contributed by atoms with Crippen LogP contribution in [0.1, 0.15) is 25.0 Å². The highest BCUT2D eigenvalue weighted by Crippen LogP contribution is 2.36. The molecule has 0 saturated heterocycles. The fraction of sp³-hybridized carbons (Fsp3) is 0.0588. The average Bonchev–Trinajstić information content (AvgIpc) is 3.28. The van der Waals surface area contributed by atoms with Crippen molar-refractivity contribution in [3.63, 3.8) is 0 Å². The second kappa shape index (κ2) is 17.4. The largest absolute Gasteiger partial charge is 0.457 e. The Morgan fingerprint density at radius 1 is 0.333 bits per heavy atom. The quantitative estimate of drug-likeness (QED) is 0.101. The molecule has 0 aliphatic heterocycles. The summed E-state index contributed by atoms with van der Waals surface area (Å²) < 4.78 is 77.2. The molecule has 0 atom stereocenters. The monoisotopic (exact) mass is 874 g/mol. The van der Waals surface area contributed by atoms with Gasteiger partial charge in [0.05, 0.1) is 19.6 Å². The van der Waals surface area contributed by atoms with E-state index in [0.717, 1.165) is 11.1 Å². The van der Waals surface area contributed by atoms with Gasteiger partial charge < -0.3 is 30.4 Å². The lowest BCUT2D eigenvalue weighted by Gasteiger charge is -2.26. The first kappa shape index (κ1) is 42.2. The Balaban J connectivity index is 0.855. The number of benzene rings is 8. The molecule has 0 amide bonds. The van der Waals surface area contributed by atoms with Crippen LogP contribution in [0.2, 0.25) is 0 Å². The van der Waals surface area contributed by atoms with E-state index in [0.29, 0.717) is 57.4 Å². The Hall–Kier alpha value is -7.54. The molecule has 4 N–H and O–H groups in total. The van der Waals surface area contributed by atoms with Crippen molar-refractivity contribution in [1.82, 2.24) is 0 Å². The highest BCUT2D eigenvalue weighted by Gasteiger charge is 2.24. The van der Waals surface area contributed by atoms with Crippen molar-refractivity contribution in [1.29, 1.82) is 0 Å². The molecule has 8 aromatic carbocycles. The van der Waals surface area contributed by atoms with Crippen molar-refractivity contribution in [2.75, 3.05) is 11.5 Å². The summed E-state index contributed by atoms with van der Waals surface area (Å²) in [6, 6.07) is 54.5. The van der Waals surface area contributed by atoms with Gasteiger partial charge in [0.2, 0.25) is 19.7 Å². The van der Waals surface area contributed by atoms with E-state index in [9.17, 15) is 16.8 Å². The molecule has 0 unspecified atom stereocenters. The van der Waals surface area contributed by atoms with Crippen LogP contribution in [0.5, 0.6) is 46.0 Å². The summed E-state index contributed by atoms with van der Waals surface area (Å²) in [5, 5.41) is 0. The first-order valence-electron chi connectivity index (χ1n) is 19.8. The van der Waals surface area contributed by atoms with Gasteiger partial charge in [-0.05, 0) is 157 Å². The van der Waals surface area contributed by atoms with Crippen LogP contribution in [0.4, 0.5) is 11.4 Å². The second-order valence-electron chi connectivity index (χ2n) is 15.1. The molecule has 0 spiro atoms. The average molecular weight is 875 g/mol. The Labute approximate surface area is 366 Å². The highest BCUT2D eigenvalue weighted by molar-refractivity contribution is 7.91. The minimum Gasteiger partial charge on any atom is -0.457 e. The zero-order valence-electron chi connectivity index (χ0n) is 34.2. The standard InChI is InChI=1S/C51H42N2O8S2/c1-51(2,35-9-13-39(14-10-35)58-41-17-25-47(26-18-41)62(54,55)49-29-21-43(22-30-49)60-45-7-3-5-37(52)33-45)36-11-15-40(16-12-36)59-42-19-27-48(28-20-42)63(56,57)50-31-23-44(24-32-50)61-46-8-4-6-38(53)34-46/h3-34H,52-53H2,1-2H3. The Morgan fingerprint density at radius 2 is 0.571 bits per heavy atom. The van der Waals surface area contributed by atoms with Gasteiger partial charge in [0.25, 0.3) is 0 Å². The van der Waals surface area contributed by atoms with Gasteiger partial charge in [0.1, 0.15) is 46.0 Å². The normalized spacial score (nSPS) is 11.7. The molecular weight excluding hydrogens is 833 g/mol. The van der Waals surface area contributed by atoms with Gasteiger partial charge in [-0.15, -0.1) is 0 Å². The van der Waals surface area contributed by atoms with Crippen molar-refractivity contribution in [3.8, 4) is 46.0 Å². The number of anilines is 2. The van der Waals surface area contributed by atoms with Crippen molar-refractivity contribution in [3.05, 3.63) is 205 Å². The van der Waals surface area contributed by atoms with Crippen LogP contribution < -0.4 is 30.4 Å². The predicted octanol–water partition coefficient (Wildman–Crippen LogP) is 12.0. The molecule has 0 aliphatic rings. The molecule has 12 heteroatoms. The summed E-state index contributed by atoms with van der Waals surface area (Å²) in [4.78, 5) is 0.549. The van der Waals surface area contributed by atoms with Crippen molar-refractivity contribution < 1.29 is 35.8 Å². The smallest absolute Gasteiger partial charge is 0.206 e. The molecule has 0 bridgehead atoms. The van der Waals surface area contributed by atoms with Crippen LogP contribution in [0.3, 0.4) is 0 Å². The van der Waals surface area contributed by atoms with E-state index in [4.69, 9.17) is 30.4 Å². The molecule has 8 rings (SSSR count). The summed E-state index contributed by atoms with van der Waals surface area (Å²) in [5.41, 5.74) is 14.5. The summed E-state index contributed by atoms with van der Waals surface area (Å²) in [5.74, 6) is 4.26. The number of rotatable bonds is 14. The number of nitrogens with two attached hydrogens (primary N) is 2. The number of ether oxygens (including phenoxy) is 4. The zero-order valence-corrected chi connectivity index (χ0v) is 35.8. The van der Waals surface area contributed by atoms with E-state index in [-0.39, 0.29) is 25.0 Å².